The van der Waals surface area contributed by atoms with Crippen LogP contribution in [0.4, 0.5) is 5.82 Å². The zero-order valence-corrected chi connectivity index (χ0v) is 12.7. The minimum Gasteiger partial charge on any atom is -0.354 e. The van der Waals surface area contributed by atoms with E-state index < -0.39 is 0 Å². The molecule has 0 fully saturated rings. The molecule has 1 rings (SSSR count). The molecule has 0 amide bonds. The molecular weight excluding hydrogens is 238 g/mol. The lowest BCUT2D eigenvalue weighted by Crippen LogP contribution is -2.33. The molecule has 0 unspecified atom stereocenters. The van der Waals surface area contributed by atoms with Crippen LogP contribution in [0.1, 0.15) is 26.0 Å². The van der Waals surface area contributed by atoms with Crippen LogP contribution in [0, 0.1) is 0 Å². The third-order valence-corrected chi connectivity index (χ3v) is 2.88. The van der Waals surface area contributed by atoms with Crippen molar-refractivity contribution in [2.24, 2.45) is 0 Å². The second-order valence-corrected chi connectivity index (χ2v) is 4.94. The number of rotatable bonds is 9. The Morgan fingerprint density at radius 3 is 2.37 bits per heavy atom. The molecule has 0 saturated carbocycles. The Hall–Kier alpha value is -1.20. The summed E-state index contributed by atoms with van der Waals surface area (Å²) in [6, 6.07) is 0. The number of likely N-dealkylation sites (N-methyl/N-ethyl adjacent to an activating group) is 1. The Kier molecular flexibility index (Phi) is 7.36. The molecule has 1 aromatic rings. The summed E-state index contributed by atoms with van der Waals surface area (Å²) in [7, 11) is 4.19. The second-order valence-electron chi connectivity index (χ2n) is 4.94. The number of hydrogen-bond donors (Lipinski definition) is 1. The van der Waals surface area contributed by atoms with E-state index in [0.29, 0.717) is 0 Å². The Morgan fingerprint density at radius 1 is 1.05 bits per heavy atom. The van der Waals surface area contributed by atoms with Gasteiger partial charge in [-0.1, -0.05) is 13.8 Å². The summed E-state index contributed by atoms with van der Waals surface area (Å²) in [5, 5.41) is 3.26. The molecule has 0 spiro atoms. The molecular formula is C14H27N5. The quantitative estimate of drug-likeness (QED) is 0.730. The monoisotopic (exact) mass is 265 g/mol. The highest BCUT2D eigenvalue weighted by Crippen LogP contribution is 2.09. The van der Waals surface area contributed by atoms with Crippen LogP contribution in [0.2, 0.25) is 0 Å². The normalized spacial score (nSPS) is 11.0. The van der Waals surface area contributed by atoms with Gasteiger partial charge in [0.25, 0.3) is 0 Å². The van der Waals surface area contributed by atoms with Crippen molar-refractivity contribution in [2.45, 2.75) is 26.8 Å². The van der Waals surface area contributed by atoms with E-state index >= 15 is 0 Å². The van der Waals surface area contributed by atoms with Crippen LogP contribution in [0.15, 0.2) is 12.4 Å². The van der Waals surface area contributed by atoms with Gasteiger partial charge < -0.3 is 15.1 Å². The van der Waals surface area contributed by atoms with Crippen LogP contribution in [0.3, 0.4) is 0 Å². The van der Waals surface area contributed by atoms with E-state index in [1.165, 1.54) is 0 Å². The van der Waals surface area contributed by atoms with E-state index in [1.807, 2.05) is 12.4 Å². The first-order chi connectivity index (χ1) is 9.17. The number of hydrogen-bond acceptors (Lipinski definition) is 5. The lowest BCUT2D eigenvalue weighted by molar-refractivity contribution is 0.412. The summed E-state index contributed by atoms with van der Waals surface area (Å²) in [6.07, 6.45) is 4.88. The van der Waals surface area contributed by atoms with Gasteiger partial charge in [-0.05, 0) is 27.1 Å². The number of anilines is 1. The topological polar surface area (TPSA) is 44.3 Å². The van der Waals surface area contributed by atoms with Crippen LogP contribution >= 0.6 is 0 Å². The molecule has 1 aromatic heterocycles. The highest BCUT2D eigenvalue weighted by Gasteiger charge is 2.08. The molecule has 0 aliphatic rings. The summed E-state index contributed by atoms with van der Waals surface area (Å²) in [4.78, 5) is 13.5. The predicted octanol–water partition coefficient (Wildman–Crippen LogP) is 1.36. The highest BCUT2D eigenvalue weighted by atomic mass is 15.2. The van der Waals surface area contributed by atoms with E-state index in [2.05, 4.69) is 53.0 Å². The molecule has 5 nitrogen and oxygen atoms in total. The van der Waals surface area contributed by atoms with Crippen LogP contribution in [-0.4, -0.2) is 55.1 Å². The molecule has 1 heterocycles. The molecule has 0 aromatic carbocycles. The molecule has 5 heteroatoms. The van der Waals surface area contributed by atoms with Gasteiger partial charge in [0, 0.05) is 26.2 Å². The van der Waals surface area contributed by atoms with Crippen molar-refractivity contribution in [3.63, 3.8) is 0 Å². The van der Waals surface area contributed by atoms with E-state index in [9.17, 15) is 0 Å². The van der Waals surface area contributed by atoms with Crippen LogP contribution in [0.25, 0.3) is 0 Å². The van der Waals surface area contributed by atoms with Gasteiger partial charge in [0.1, 0.15) is 5.82 Å². The smallest absolute Gasteiger partial charge is 0.147 e. The van der Waals surface area contributed by atoms with Crippen molar-refractivity contribution in [2.75, 3.05) is 45.2 Å². The highest BCUT2D eigenvalue weighted by molar-refractivity contribution is 5.35. The number of aromatic nitrogens is 2. The van der Waals surface area contributed by atoms with Gasteiger partial charge in [-0.3, -0.25) is 4.98 Å². The van der Waals surface area contributed by atoms with Gasteiger partial charge in [-0.2, -0.15) is 0 Å². The van der Waals surface area contributed by atoms with E-state index in [1.54, 1.807) is 0 Å². The maximum absolute atomic E-state index is 4.53. The van der Waals surface area contributed by atoms with Gasteiger partial charge in [0.15, 0.2) is 0 Å². The third-order valence-electron chi connectivity index (χ3n) is 2.88. The van der Waals surface area contributed by atoms with E-state index in [0.717, 1.165) is 50.7 Å². The molecule has 0 aliphatic heterocycles. The molecule has 0 bridgehead atoms. The minimum atomic E-state index is 0.787. The third kappa shape index (κ3) is 5.98. The first kappa shape index (κ1) is 15.9. The summed E-state index contributed by atoms with van der Waals surface area (Å²) in [5.41, 5.74) is 0.995. The SMILES string of the molecule is CCCN(CCN(C)C)c1cnc(CNCC)cn1. The zero-order chi connectivity index (χ0) is 14.1. The van der Waals surface area contributed by atoms with Crippen LogP contribution in [0.5, 0.6) is 0 Å². The van der Waals surface area contributed by atoms with Gasteiger partial charge >= 0.3 is 0 Å². The van der Waals surface area contributed by atoms with Crippen molar-refractivity contribution >= 4 is 5.82 Å². The summed E-state index contributed by atoms with van der Waals surface area (Å²) >= 11 is 0. The van der Waals surface area contributed by atoms with Crippen molar-refractivity contribution in [1.82, 2.24) is 20.2 Å². The Morgan fingerprint density at radius 2 is 1.84 bits per heavy atom. The van der Waals surface area contributed by atoms with Crippen molar-refractivity contribution in [3.05, 3.63) is 18.1 Å². The summed E-state index contributed by atoms with van der Waals surface area (Å²) < 4.78 is 0. The van der Waals surface area contributed by atoms with Crippen LogP contribution in [-0.2, 0) is 6.54 Å². The van der Waals surface area contributed by atoms with Crippen molar-refractivity contribution < 1.29 is 0 Å². The van der Waals surface area contributed by atoms with E-state index in [4.69, 9.17) is 0 Å². The Labute approximate surface area is 117 Å². The van der Waals surface area contributed by atoms with Gasteiger partial charge in [-0.15, -0.1) is 0 Å². The Bertz CT molecular complexity index is 336. The average Bonchev–Trinajstić information content (AvgIpc) is 2.41. The molecule has 108 valence electrons. The van der Waals surface area contributed by atoms with Gasteiger partial charge in [0.05, 0.1) is 18.1 Å². The second kappa shape index (κ2) is 8.82. The average molecular weight is 265 g/mol. The predicted molar refractivity (Wildman–Crippen MR) is 80.5 cm³/mol. The van der Waals surface area contributed by atoms with E-state index in [-0.39, 0.29) is 0 Å². The zero-order valence-electron chi connectivity index (χ0n) is 12.7. The van der Waals surface area contributed by atoms with Gasteiger partial charge in [0.2, 0.25) is 0 Å². The van der Waals surface area contributed by atoms with Crippen molar-refractivity contribution in [3.8, 4) is 0 Å². The molecule has 1 N–H and O–H groups in total. The molecule has 19 heavy (non-hydrogen) atoms. The molecule has 0 radical (unpaired) electrons. The first-order valence-electron chi connectivity index (χ1n) is 7.08. The van der Waals surface area contributed by atoms with Crippen LogP contribution < -0.4 is 10.2 Å². The first-order valence-corrected chi connectivity index (χ1v) is 7.08. The Balaban J connectivity index is 2.62. The molecule has 0 atom stereocenters. The lowest BCUT2D eigenvalue weighted by atomic mass is 10.3. The molecule has 0 aliphatic carbocycles. The standard InChI is InChI=1S/C14H27N5/c1-5-7-19(9-8-18(3)4)14-12-16-13(11-17-14)10-15-6-2/h11-12,15H,5-10H2,1-4H3. The lowest BCUT2D eigenvalue weighted by Gasteiger charge is -2.24. The summed E-state index contributed by atoms with van der Waals surface area (Å²) in [6.45, 7) is 9.06. The fourth-order valence-corrected chi connectivity index (χ4v) is 1.79. The fourth-order valence-electron chi connectivity index (χ4n) is 1.79. The van der Waals surface area contributed by atoms with Gasteiger partial charge in [-0.25, -0.2) is 4.98 Å². The maximum atomic E-state index is 4.53. The molecule has 0 saturated heterocycles. The maximum Gasteiger partial charge on any atom is 0.147 e. The van der Waals surface area contributed by atoms with Crippen molar-refractivity contribution in [1.29, 1.82) is 0 Å². The number of nitrogens with zero attached hydrogens (tertiary/aromatic N) is 4. The summed E-state index contributed by atoms with van der Waals surface area (Å²) in [5.74, 6) is 0.976. The number of nitrogens with one attached hydrogen (secondary N) is 1. The fraction of sp³-hybridized carbons (Fsp3) is 0.714. The largest absolute Gasteiger partial charge is 0.354 e. The minimum absolute atomic E-state index is 0.787.